The Kier molecular flexibility index (Phi) is 3.06. The van der Waals surface area contributed by atoms with Gasteiger partial charge in [-0.05, 0) is 12.1 Å². The van der Waals surface area contributed by atoms with E-state index in [-0.39, 0.29) is 12.4 Å². The molecule has 2 aromatic heterocycles. The summed E-state index contributed by atoms with van der Waals surface area (Å²) in [4.78, 5) is 14.9. The lowest BCUT2D eigenvalue weighted by molar-refractivity contribution is 0.0667. The van der Waals surface area contributed by atoms with Crippen molar-refractivity contribution in [3.05, 3.63) is 54.2 Å². The molecule has 0 aliphatic carbocycles. The molecule has 6 heteroatoms. The fourth-order valence-corrected chi connectivity index (χ4v) is 2.28. The second-order valence-corrected chi connectivity index (χ2v) is 4.37. The molecule has 0 aliphatic heterocycles. The summed E-state index contributed by atoms with van der Waals surface area (Å²) >= 11 is 0. The first-order valence-corrected chi connectivity index (χ1v) is 6.03. The van der Waals surface area contributed by atoms with Crippen molar-refractivity contribution in [1.82, 2.24) is 14.1 Å². The van der Waals surface area contributed by atoms with Crippen LogP contribution < -0.4 is 0 Å². The number of alkyl halides is 2. The quantitative estimate of drug-likeness (QED) is 0.686. The summed E-state index contributed by atoms with van der Waals surface area (Å²) in [6, 6.07) is 7.13. The molecule has 0 fully saturated rings. The Labute approximate surface area is 113 Å². The summed E-state index contributed by atoms with van der Waals surface area (Å²) in [7, 11) is 0. The second kappa shape index (κ2) is 4.88. The number of carbonyl (C=O) groups excluding carboxylic acids is 1. The highest BCUT2D eigenvalue weighted by molar-refractivity contribution is 5.97. The maximum atomic E-state index is 12.8. The van der Waals surface area contributed by atoms with Crippen LogP contribution in [-0.2, 0) is 6.54 Å². The molecule has 0 radical (unpaired) electrons. The second-order valence-electron chi connectivity index (χ2n) is 4.37. The first kappa shape index (κ1) is 12.5. The first-order chi connectivity index (χ1) is 9.70. The molecule has 4 nitrogen and oxygen atoms in total. The molecular weight excluding hydrogens is 264 g/mol. The van der Waals surface area contributed by atoms with E-state index < -0.39 is 6.55 Å². The van der Waals surface area contributed by atoms with Gasteiger partial charge in [0.25, 0.3) is 0 Å². The van der Waals surface area contributed by atoms with Crippen molar-refractivity contribution in [1.29, 1.82) is 0 Å². The van der Waals surface area contributed by atoms with E-state index in [1.165, 1.54) is 12.4 Å². The average molecular weight is 275 g/mol. The van der Waals surface area contributed by atoms with E-state index >= 15 is 0 Å². The van der Waals surface area contributed by atoms with Crippen molar-refractivity contribution in [2.24, 2.45) is 0 Å². The van der Waals surface area contributed by atoms with Crippen molar-refractivity contribution >= 4 is 17.2 Å². The number of rotatable bonds is 4. The van der Waals surface area contributed by atoms with Crippen molar-refractivity contribution in [2.45, 2.75) is 13.1 Å². The van der Waals surface area contributed by atoms with E-state index in [0.717, 1.165) is 21.8 Å². The SMILES string of the molecule is O=Cc1cccc2c1ccn2Cc1nccn1C(F)F. The van der Waals surface area contributed by atoms with Crippen LogP contribution in [0.4, 0.5) is 8.78 Å². The smallest absolute Gasteiger partial charge is 0.319 e. The Balaban J connectivity index is 2.03. The topological polar surface area (TPSA) is 39.8 Å². The van der Waals surface area contributed by atoms with E-state index in [2.05, 4.69) is 4.98 Å². The maximum Gasteiger partial charge on any atom is 0.319 e. The van der Waals surface area contributed by atoms with Gasteiger partial charge in [-0.1, -0.05) is 12.1 Å². The van der Waals surface area contributed by atoms with Gasteiger partial charge in [-0.3, -0.25) is 9.36 Å². The van der Waals surface area contributed by atoms with Gasteiger partial charge < -0.3 is 4.57 Å². The molecular formula is C14H11F2N3O. The molecule has 0 aliphatic rings. The minimum absolute atomic E-state index is 0.225. The third kappa shape index (κ3) is 1.99. The van der Waals surface area contributed by atoms with Gasteiger partial charge in [0.2, 0.25) is 0 Å². The summed E-state index contributed by atoms with van der Waals surface area (Å²) in [5, 5.41) is 0.803. The summed E-state index contributed by atoms with van der Waals surface area (Å²) in [6.45, 7) is -2.39. The van der Waals surface area contributed by atoms with E-state index in [9.17, 15) is 13.6 Å². The third-order valence-corrected chi connectivity index (χ3v) is 3.25. The van der Waals surface area contributed by atoms with Crippen LogP contribution in [0, 0.1) is 0 Å². The van der Waals surface area contributed by atoms with Gasteiger partial charge in [0.15, 0.2) is 6.29 Å². The molecule has 0 saturated heterocycles. The summed E-state index contributed by atoms with van der Waals surface area (Å²) < 4.78 is 28.2. The number of aromatic nitrogens is 3. The Morgan fingerprint density at radius 2 is 2.10 bits per heavy atom. The van der Waals surface area contributed by atoms with Gasteiger partial charge >= 0.3 is 6.55 Å². The van der Waals surface area contributed by atoms with Gasteiger partial charge in [-0.2, -0.15) is 8.78 Å². The molecule has 0 N–H and O–H groups in total. The Bertz CT molecular complexity index is 761. The van der Waals surface area contributed by atoms with Crippen LogP contribution in [0.25, 0.3) is 10.9 Å². The Morgan fingerprint density at radius 3 is 2.85 bits per heavy atom. The number of aldehydes is 1. The Morgan fingerprint density at radius 1 is 1.25 bits per heavy atom. The number of carbonyl (C=O) groups is 1. The summed E-state index contributed by atoms with van der Waals surface area (Å²) in [6.07, 6.45) is 5.15. The molecule has 0 spiro atoms. The van der Waals surface area contributed by atoms with Gasteiger partial charge in [0.05, 0.1) is 6.54 Å². The minimum atomic E-state index is -2.61. The molecule has 3 rings (SSSR count). The van der Waals surface area contributed by atoms with E-state index in [1.807, 2.05) is 6.07 Å². The molecule has 20 heavy (non-hydrogen) atoms. The molecule has 102 valence electrons. The molecule has 0 amide bonds. The monoisotopic (exact) mass is 275 g/mol. The number of halogens is 2. The van der Waals surface area contributed by atoms with Crippen LogP contribution in [0.2, 0.25) is 0 Å². The van der Waals surface area contributed by atoms with Crippen molar-refractivity contribution in [3.8, 4) is 0 Å². The zero-order valence-corrected chi connectivity index (χ0v) is 10.4. The summed E-state index contributed by atoms with van der Waals surface area (Å²) in [5.74, 6) is 0.272. The number of hydrogen-bond acceptors (Lipinski definition) is 2. The molecule has 0 unspecified atom stereocenters. The van der Waals surface area contributed by atoms with Crippen molar-refractivity contribution in [2.75, 3.05) is 0 Å². The van der Waals surface area contributed by atoms with E-state index in [1.54, 1.807) is 29.0 Å². The average Bonchev–Trinajstić information content (AvgIpc) is 3.06. The normalized spacial score (nSPS) is 11.3. The van der Waals surface area contributed by atoms with Crippen molar-refractivity contribution < 1.29 is 13.6 Å². The van der Waals surface area contributed by atoms with Crippen LogP contribution in [0.5, 0.6) is 0 Å². The highest BCUT2D eigenvalue weighted by atomic mass is 19.3. The number of hydrogen-bond donors (Lipinski definition) is 0. The van der Waals surface area contributed by atoms with E-state index in [4.69, 9.17) is 0 Å². The van der Waals surface area contributed by atoms with Crippen LogP contribution in [0.15, 0.2) is 42.9 Å². The number of benzene rings is 1. The fourth-order valence-electron chi connectivity index (χ4n) is 2.28. The van der Waals surface area contributed by atoms with Crippen molar-refractivity contribution in [3.63, 3.8) is 0 Å². The third-order valence-electron chi connectivity index (χ3n) is 3.25. The van der Waals surface area contributed by atoms with Crippen LogP contribution in [0.1, 0.15) is 22.7 Å². The standard InChI is InChI=1S/C14H11F2N3O/c15-14(16)19-7-5-17-13(19)8-18-6-4-11-10(9-20)2-1-3-12(11)18/h1-7,9,14H,8H2. The minimum Gasteiger partial charge on any atom is -0.340 e. The van der Waals surface area contributed by atoms with E-state index in [0.29, 0.717) is 5.56 Å². The van der Waals surface area contributed by atoms with Crippen LogP contribution >= 0.6 is 0 Å². The zero-order valence-electron chi connectivity index (χ0n) is 10.4. The fraction of sp³-hybridized carbons (Fsp3) is 0.143. The molecule has 2 heterocycles. The summed E-state index contributed by atoms with van der Waals surface area (Å²) in [5.41, 5.74) is 1.40. The number of nitrogens with zero attached hydrogens (tertiary/aromatic N) is 3. The van der Waals surface area contributed by atoms with Gasteiger partial charge in [-0.25, -0.2) is 4.98 Å². The first-order valence-electron chi connectivity index (χ1n) is 6.03. The lowest BCUT2D eigenvalue weighted by Gasteiger charge is -2.08. The lowest BCUT2D eigenvalue weighted by Crippen LogP contribution is -2.08. The largest absolute Gasteiger partial charge is 0.340 e. The van der Waals surface area contributed by atoms with Gasteiger partial charge in [0.1, 0.15) is 5.82 Å². The number of imidazole rings is 1. The zero-order chi connectivity index (χ0) is 14.1. The predicted octanol–water partition coefficient (Wildman–Crippen LogP) is 3.09. The molecule has 3 aromatic rings. The highest BCUT2D eigenvalue weighted by Crippen LogP contribution is 2.21. The van der Waals surface area contributed by atoms with Crippen LogP contribution in [0.3, 0.4) is 0 Å². The van der Waals surface area contributed by atoms with Gasteiger partial charge in [0, 0.05) is 35.1 Å². The van der Waals surface area contributed by atoms with Crippen LogP contribution in [-0.4, -0.2) is 20.4 Å². The molecule has 0 saturated carbocycles. The predicted molar refractivity (Wildman–Crippen MR) is 69.9 cm³/mol. The lowest BCUT2D eigenvalue weighted by atomic mass is 10.1. The van der Waals surface area contributed by atoms with Gasteiger partial charge in [-0.15, -0.1) is 0 Å². The molecule has 1 aromatic carbocycles. The molecule has 0 atom stereocenters. The highest BCUT2D eigenvalue weighted by Gasteiger charge is 2.13. The number of fused-ring (bicyclic) bond motifs is 1. The maximum absolute atomic E-state index is 12.8. The Hall–Kier alpha value is -2.50. The molecule has 0 bridgehead atoms.